The third-order valence-electron chi connectivity index (χ3n) is 6.36. The fourth-order valence-corrected chi connectivity index (χ4v) is 4.80. The molecule has 4 atom stereocenters. The van der Waals surface area contributed by atoms with E-state index in [1.165, 1.54) is 38.4 Å². The maximum atomic E-state index is 11.4. The summed E-state index contributed by atoms with van der Waals surface area (Å²) in [6.45, 7) is 11.9. The van der Waals surface area contributed by atoms with E-state index in [0.717, 1.165) is 30.6 Å². The number of hydrogen-bond donors (Lipinski definition) is 0. The number of carbonyl (C=O) groups excluding carboxylic acids is 1. The zero-order valence-corrected chi connectivity index (χ0v) is 14.2. The number of fused-ring (bicyclic) bond motifs is 1. The van der Waals surface area contributed by atoms with Crippen LogP contribution >= 0.6 is 0 Å². The predicted octanol–water partition coefficient (Wildman–Crippen LogP) is 5.48. The molecule has 1 heteroatoms. The van der Waals surface area contributed by atoms with Gasteiger partial charge in [-0.25, -0.2) is 0 Å². The van der Waals surface area contributed by atoms with E-state index in [-0.39, 0.29) is 0 Å². The van der Waals surface area contributed by atoms with E-state index in [0.29, 0.717) is 16.7 Å². The van der Waals surface area contributed by atoms with E-state index in [1.807, 2.05) is 0 Å². The van der Waals surface area contributed by atoms with Crippen molar-refractivity contribution in [2.24, 2.45) is 34.5 Å². The van der Waals surface area contributed by atoms with Crippen LogP contribution in [0.15, 0.2) is 0 Å². The zero-order chi connectivity index (χ0) is 15.0. The van der Waals surface area contributed by atoms with Crippen LogP contribution in [-0.4, -0.2) is 6.29 Å². The van der Waals surface area contributed by atoms with Crippen molar-refractivity contribution in [3.05, 3.63) is 0 Å². The van der Waals surface area contributed by atoms with Gasteiger partial charge in [-0.3, -0.25) is 0 Å². The number of aldehydes is 1. The summed E-state index contributed by atoms with van der Waals surface area (Å²) in [6.07, 6.45) is 10.1. The van der Waals surface area contributed by atoms with Crippen LogP contribution in [0.3, 0.4) is 0 Å². The molecule has 0 aromatic rings. The first kappa shape index (κ1) is 16.0. The van der Waals surface area contributed by atoms with E-state index >= 15 is 0 Å². The average molecular weight is 278 g/mol. The summed E-state index contributed by atoms with van der Waals surface area (Å²) in [6, 6.07) is 0. The molecular formula is C19H34O. The van der Waals surface area contributed by atoms with Gasteiger partial charge >= 0.3 is 0 Å². The molecule has 0 aliphatic heterocycles. The molecule has 2 fully saturated rings. The monoisotopic (exact) mass is 278 g/mol. The maximum Gasteiger partial charge on any atom is 0.123 e. The summed E-state index contributed by atoms with van der Waals surface area (Å²) < 4.78 is 0. The first-order valence-corrected chi connectivity index (χ1v) is 8.74. The molecule has 0 aromatic carbocycles. The second-order valence-corrected chi connectivity index (χ2v) is 9.01. The van der Waals surface area contributed by atoms with Crippen LogP contribution < -0.4 is 0 Å². The number of carbonyl (C=O) groups is 1. The second kappa shape index (κ2) is 5.81. The lowest BCUT2D eigenvalue weighted by Crippen LogP contribution is -2.25. The normalized spacial score (nSPS) is 36.5. The van der Waals surface area contributed by atoms with Crippen LogP contribution in [0.2, 0.25) is 0 Å². The molecule has 0 amide bonds. The van der Waals surface area contributed by atoms with Crippen LogP contribution in [-0.2, 0) is 4.79 Å². The molecule has 116 valence electrons. The average Bonchev–Trinajstić information content (AvgIpc) is 2.88. The van der Waals surface area contributed by atoms with Gasteiger partial charge in [0.05, 0.1) is 0 Å². The first-order valence-electron chi connectivity index (χ1n) is 8.74. The molecule has 0 N–H and O–H groups in total. The van der Waals surface area contributed by atoms with Gasteiger partial charge in [0, 0.05) is 5.92 Å². The van der Waals surface area contributed by atoms with Gasteiger partial charge in [-0.2, -0.15) is 0 Å². The van der Waals surface area contributed by atoms with Crippen LogP contribution in [0.4, 0.5) is 0 Å². The Kier molecular flexibility index (Phi) is 4.66. The van der Waals surface area contributed by atoms with Crippen molar-refractivity contribution in [2.45, 2.75) is 79.6 Å². The van der Waals surface area contributed by atoms with Crippen LogP contribution in [0.1, 0.15) is 79.6 Å². The molecule has 0 aromatic heterocycles. The summed E-state index contributed by atoms with van der Waals surface area (Å²) >= 11 is 0. The molecule has 2 saturated carbocycles. The van der Waals surface area contributed by atoms with Gasteiger partial charge in [-0.15, -0.1) is 0 Å². The van der Waals surface area contributed by atoms with Gasteiger partial charge in [0.2, 0.25) is 0 Å². The Balaban J connectivity index is 1.82. The highest BCUT2D eigenvalue weighted by Gasteiger charge is 2.61. The Bertz CT molecular complexity index is 344. The third-order valence-corrected chi connectivity index (χ3v) is 6.36. The molecule has 2 aliphatic carbocycles. The minimum absolute atomic E-state index is 0.303. The molecule has 1 nitrogen and oxygen atoms in total. The summed E-state index contributed by atoms with van der Waals surface area (Å²) in [4.78, 5) is 11.4. The van der Waals surface area contributed by atoms with Crippen LogP contribution in [0.5, 0.6) is 0 Å². The van der Waals surface area contributed by atoms with Crippen LogP contribution in [0, 0.1) is 34.5 Å². The molecular weight excluding hydrogens is 244 g/mol. The summed E-state index contributed by atoms with van der Waals surface area (Å²) in [5.74, 6) is 2.98. The Morgan fingerprint density at radius 1 is 1.15 bits per heavy atom. The topological polar surface area (TPSA) is 17.1 Å². The standard InChI is InChI=1S/C19H34O/c1-14(2)7-6-8-15(13-20)11-19(5)10-9-16-17(12-19)18(16,3)4/h13-17H,6-12H2,1-5H3. The lowest BCUT2D eigenvalue weighted by molar-refractivity contribution is -0.112. The lowest BCUT2D eigenvalue weighted by atomic mass is 9.70. The van der Waals surface area contributed by atoms with Crippen molar-refractivity contribution < 1.29 is 4.79 Å². The highest BCUT2D eigenvalue weighted by atomic mass is 16.1. The van der Waals surface area contributed by atoms with E-state index in [4.69, 9.17) is 0 Å². The molecule has 0 bridgehead atoms. The summed E-state index contributed by atoms with van der Waals surface area (Å²) in [5, 5.41) is 0. The molecule has 4 unspecified atom stereocenters. The van der Waals surface area contributed by atoms with Crippen molar-refractivity contribution >= 4 is 6.29 Å². The minimum Gasteiger partial charge on any atom is -0.303 e. The van der Waals surface area contributed by atoms with Gasteiger partial charge in [-0.05, 0) is 60.7 Å². The fraction of sp³-hybridized carbons (Fsp3) is 0.947. The van der Waals surface area contributed by atoms with Crippen LogP contribution in [0.25, 0.3) is 0 Å². The molecule has 0 heterocycles. The molecule has 0 saturated heterocycles. The quantitative estimate of drug-likeness (QED) is 0.563. The Labute approximate surface area is 125 Å². The highest BCUT2D eigenvalue weighted by molar-refractivity contribution is 5.53. The first-order chi connectivity index (χ1) is 9.28. The van der Waals surface area contributed by atoms with Gasteiger partial charge < -0.3 is 4.79 Å². The van der Waals surface area contributed by atoms with Crippen molar-refractivity contribution in [3.63, 3.8) is 0 Å². The Morgan fingerprint density at radius 3 is 2.40 bits per heavy atom. The van der Waals surface area contributed by atoms with Crippen molar-refractivity contribution in [3.8, 4) is 0 Å². The molecule has 0 spiro atoms. The zero-order valence-electron chi connectivity index (χ0n) is 14.2. The van der Waals surface area contributed by atoms with Gasteiger partial charge in [0.15, 0.2) is 0 Å². The Hall–Kier alpha value is -0.330. The van der Waals surface area contributed by atoms with E-state index in [9.17, 15) is 4.79 Å². The SMILES string of the molecule is CC(C)CCCC(C=O)CC1(C)CCC2C(C1)C2(C)C. The van der Waals surface area contributed by atoms with E-state index in [2.05, 4.69) is 34.6 Å². The van der Waals surface area contributed by atoms with E-state index < -0.39 is 0 Å². The Morgan fingerprint density at radius 2 is 1.85 bits per heavy atom. The lowest BCUT2D eigenvalue weighted by Gasteiger charge is -2.35. The predicted molar refractivity (Wildman–Crippen MR) is 85.6 cm³/mol. The van der Waals surface area contributed by atoms with E-state index in [1.54, 1.807) is 0 Å². The van der Waals surface area contributed by atoms with Gasteiger partial charge in [-0.1, -0.05) is 47.5 Å². The van der Waals surface area contributed by atoms with Crippen molar-refractivity contribution in [1.29, 1.82) is 0 Å². The summed E-state index contributed by atoms with van der Waals surface area (Å²) in [5.41, 5.74) is 1.02. The van der Waals surface area contributed by atoms with Crippen molar-refractivity contribution in [1.82, 2.24) is 0 Å². The molecule has 2 rings (SSSR count). The molecule has 0 radical (unpaired) electrons. The third kappa shape index (κ3) is 3.46. The summed E-state index contributed by atoms with van der Waals surface area (Å²) in [7, 11) is 0. The molecule has 20 heavy (non-hydrogen) atoms. The van der Waals surface area contributed by atoms with Gasteiger partial charge in [0.1, 0.15) is 6.29 Å². The maximum absolute atomic E-state index is 11.4. The largest absolute Gasteiger partial charge is 0.303 e. The number of rotatable bonds is 7. The van der Waals surface area contributed by atoms with Gasteiger partial charge in [0.25, 0.3) is 0 Å². The number of hydrogen-bond acceptors (Lipinski definition) is 1. The minimum atomic E-state index is 0.303. The second-order valence-electron chi connectivity index (χ2n) is 9.01. The highest BCUT2D eigenvalue weighted by Crippen LogP contribution is 2.68. The fourth-order valence-electron chi connectivity index (χ4n) is 4.80. The smallest absolute Gasteiger partial charge is 0.123 e. The van der Waals surface area contributed by atoms with Crippen molar-refractivity contribution in [2.75, 3.05) is 0 Å². The molecule has 2 aliphatic rings.